The van der Waals surface area contributed by atoms with E-state index in [1.807, 2.05) is 0 Å². The van der Waals surface area contributed by atoms with E-state index in [1.54, 1.807) is 24.3 Å². The van der Waals surface area contributed by atoms with Crippen molar-refractivity contribution in [1.29, 1.82) is 0 Å². The van der Waals surface area contributed by atoms with Crippen LogP contribution in [-0.4, -0.2) is 16.7 Å². The quantitative estimate of drug-likeness (QED) is 0.823. The summed E-state index contributed by atoms with van der Waals surface area (Å²) in [5, 5.41) is 9.01. The van der Waals surface area contributed by atoms with Crippen molar-refractivity contribution < 1.29 is 13.9 Å². The maximum Gasteiger partial charge on any atom is 0.296 e. The van der Waals surface area contributed by atoms with E-state index in [-0.39, 0.29) is 5.56 Å². The minimum atomic E-state index is -3.22. The van der Waals surface area contributed by atoms with E-state index in [1.165, 1.54) is 12.3 Å². The molecule has 0 atom stereocenters. The molecule has 0 aliphatic carbocycles. The van der Waals surface area contributed by atoms with Crippen LogP contribution in [0.25, 0.3) is 10.9 Å². The molecule has 1 heterocycles. The molecule has 1 N–H and O–H groups in total. The first kappa shape index (κ1) is 9.98. The van der Waals surface area contributed by atoms with Crippen molar-refractivity contribution in [2.24, 2.45) is 0 Å². The summed E-state index contributed by atoms with van der Waals surface area (Å²) in [4.78, 5) is 3.97. The normalized spacial score (nSPS) is 11.9. The van der Waals surface area contributed by atoms with Crippen LogP contribution in [0, 0.1) is 0 Å². The second-order valence-electron chi connectivity index (χ2n) is 3.24. The predicted octanol–water partition coefficient (Wildman–Crippen LogP) is 2.32. The average molecular weight is 209 g/mol. The lowest BCUT2D eigenvalue weighted by atomic mass is 10.0. The van der Waals surface area contributed by atoms with Gasteiger partial charge < -0.3 is 5.11 Å². The number of rotatable bonds is 2. The van der Waals surface area contributed by atoms with Crippen molar-refractivity contribution in [1.82, 2.24) is 4.98 Å². The number of aliphatic hydroxyl groups excluding tert-OH is 1. The Morgan fingerprint density at radius 1 is 1.20 bits per heavy atom. The first-order valence-corrected chi connectivity index (χ1v) is 4.48. The van der Waals surface area contributed by atoms with Crippen molar-refractivity contribution in [2.75, 3.05) is 6.61 Å². The van der Waals surface area contributed by atoms with Crippen molar-refractivity contribution in [3.05, 3.63) is 42.1 Å². The molecule has 0 amide bonds. The fraction of sp³-hybridized carbons (Fsp3) is 0.182. The van der Waals surface area contributed by atoms with Crippen LogP contribution >= 0.6 is 0 Å². The molecule has 78 valence electrons. The van der Waals surface area contributed by atoms with Crippen LogP contribution < -0.4 is 0 Å². The molecule has 0 spiro atoms. The zero-order chi connectivity index (χ0) is 10.9. The standard InChI is InChI=1S/C11H9F2NO/c12-11(13,7-15)9-5-6-14-10-4-2-1-3-8(9)10/h1-6,15H,7H2. The highest BCUT2D eigenvalue weighted by Crippen LogP contribution is 2.31. The second kappa shape index (κ2) is 3.55. The van der Waals surface area contributed by atoms with Gasteiger partial charge in [-0.1, -0.05) is 18.2 Å². The molecule has 2 nitrogen and oxygen atoms in total. The van der Waals surface area contributed by atoms with Crippen LogP contribution in [0.2, 0.25) is 0 Å². The third-order valence-electron chi connectivity index (χ3n) is 2.24. The van der Waals surface area contributed by atoms with Crippen LogP contribution in [0.15, 0.2) is 36.5 Å². The number of hydrogen-bond acceptors (Lipinski definition) is 2. The van der Waals surface area contributed by atoms with Gasteiger partial charge in [0.1, 0.15) is 6.61 Å². The molecule has 0 fully saturated rings. The summed E-state index contributed by atoms with van der Waals surface area (Å²) in [5.41, 5.74) is 0.318. The first-order valence-electron chi connectivity index (χ1n) is 4.48. The number of aromatic nitrogens is 1. The summed E-state index contributed by atoms with van der Waals surface area (Å²) in [6, 6.07) is 7.86. The van der Waals surface area contributed by atoms with E-state index in [0.29, 0.717) is 10.9 Å². The third-order valence-corrected chi connectivity index (χ3v) is 2.24. The Kier molecular flexibility index (Phi) is 2.36. The number of fused-ring (bicyclic) bond motifs is 1. The monoisotopic (exact) mass is 209 g/mol. The third kappa shape index (κ3) is 1.68. The van der Waals surface area contributed by atoms with E-state index < -0.39 is 12.5 Å². The van der Waals surface area contributed by atoms with Gasteiger partial charge in [-0.25, -0.2) is 0 Å². The largest absolute Gasteiger partial charge is 0.390 e. The number of para-hydroxylation sites is 1. The Morgan fingerprint density at radius 3 is 2.67 bits per heavy atom. The highest BCUT2D eigenvalue weighted by atomic mass is 19.3. The highest BCUT2D eigenvalue weighted by Gasteiger charge is 2.32. The lowest BCUT2D eigenvalue weighted by molar-refractivity contribution is -0.0543. The van der Waals surface area contributed by atoms with Crippen LogP contribution in [0.1, 0.15) is 5.56 Å². The highest BCUT2D eigenvalue weighted by molar-refractivity contribution is 5.82. The van der Waals surface area contributed by atoms with Crippen molar-refractivity contribution >= 4 is 10.9 Å². The maximum absolute atomic E-state index is 13.3. The average Bonchev–Trinajstić information content (AvgIpc) is 2.28. The van der Waals surface area contributed by atoms with Crippen LogP contribution in [0.4, 0.5) is 8.78 Å². The van der Waals surface area contributed by atoms with E-state index >= 15 is 0 Å². The molecule has 0 bridgehead atoms. The molecule has 0 saturated carbocycles. The van der Waals surface area contributed by atoms with E-state index in [0.717, 1.165) is 0 Å². The predicted molar refractivity (Wildman–Crippen MR) is 52.7 cm³/mol. The second-order valence-corrected chi connectivity index (χ2v) is 3.24. The molecule has 1 aromatic carbocycles. The summed E-state index contributed by atoms with van der Waals surface area (Å²) in [6.07, 6.45) is 1.32. The van der Waals surface area contributed by atoms with Crippen molar-refractivity contribution in [3.8, 4) is 0 Å². The Morgan fingerprint density at radius 2 is 1.93 bits per heavy atom. The molecule has 2 aromatic rings. The molecule has 1 aromatic heterocycles. The van der Waals surface area contributed by atoms with Gasteiger partial charge in [-0.3, -0.25) is 4.98 Å². The van der Waals surface area contributed by atoms with E-state index in [2.05, 4.69) is 4.98 Å². The minimum Gasteiger partial charge on any atom is -0.390 e. The van der Waals surface area contributed by atoms with E-state index in [4.69, 9.17) is 5.11 Å². The molecule has 0 aliphatic heterocycles. The Labute approximate surface area is 85.2 Å². The number of hydrogen-bond donors (Lipinski definition) is 1. The van der Waals surface area contributed by atoms with Crippen molar-refractivity contribution in [3.63, 3.8) is 0 Å². The molecule has 4 heteroatoms. The molecule has 0 aliphatic rings. The Hall–Kier alpha value is -1.55. The molecule has 2 rings (SSSR count). The lowest BCUT2D eigenvalue weighted by Gasteiger charge is -2.15. The van der Waals surface area contributed by atoms with Gasteiger partial charge in [-0.15, -0.1) is 0 Å². The van der Waals surface area contributed by atoms with Crippen LogP contribution in [-0.2, 0) is 5.92 Å². The number of benzene rings is 1. The van der Waals surface area contributed by atoms with Gasteiger partial charge in [0.2, 0.25) is 0 Å². The Bertz CT molecular complexity index is 479. The number of pyridine rings is 1. The molecule has 0 unspecified atom stereocenters. The van der Waals surface area contributed by atoms with Gasteiger partial charge in [-0.05, 0) is 12.1 Å². The SMILES string of the molecule is OCC(F)(F)c1ccnc2ccccc12. The number of halogens is 2. The number of nitrogens with zero attached hydrogens (tertiary/aromatic N) is 1. The topological polar surface area (TPSA) is 33.1 Å². The first-order chi connectivity index (χ1) is 7.15. The van der Waals surface area contributed by atoms with Gasteiger partial charge in [-0.2, -0.15) is 8.78 Å². The molecular formula is C11H9F2NO. The molecule has 15 heavy (non-hydrogen) atoms. The number of aliphatic hydroxyl groups is 1. The van der Waals surface area contributed by atoms with E-state index in [9.17, 15) is 8.78 Å². The maximum atomic E-state index is 13.3. The van der Waals surface area contributed by atoms with Crippen molar-refractivity contribution in [2.45, 2.75) is 5.92 Å². The molecule has 0 radical (unpaired) electrons. The lowest BCUT2D eigenvalue weighted by Crippen LogP contribution is -2.18. The minimum absolute atomic E-state index is 0.185. The van der Waals surface area contributed by atoms with Gasteiger partial charge in [0.05, 0.1) is 5.52 Å². The number of alkyl halides is 2. The van der Waals surface area contributed by atoms with Crippen LogP contribution in [0.3, 0.4) is 0 Å². The summed E-state index contributed by atoms with van der Waals surface area (Å²) < 4.78 is 26.7. The Balaban J connectivity index is 2.71. The van der Waals surface area contributed by atoms with Gasteiger partial charge >= 0.3 is 0 Å². The molecular weight excluding hydrogens is 200 g/mol. The summed E-state index contributed by atoms with van der Waals surface area (Å²) >= 11 is 0. The van der Waals surface area contributed by atoms with Gasteiger partial charge in [0.15, 0.2) is 0 Å². The summed E-state index contributed by atoms with van der Waals surface area (Å²) in [5.74, 6) is -3.22. The van der Waals surface area contributed by atoms with Gasteiger partial charge in [0.25, 0.3) is 5.92 Å². The summed E-state index contributed by atoms with van der Waals surface area (Å²) in [6.45, 7) is -1.19. The zero-order valence-electron chi connectivity index (χ0n) is 7.82. The zero-order valence-corrected chi connectivity index (χ0v) is 7.82. The fourth-order valence-corrected chi connectivity index (χ4v) is 1.50. The van der Waals surface area contributed by atoms with Gasteiger partial charge in [0, 0.05) is 17.1 Å². The summed E-state index contributed by atoms with van der Waals surface area (Å²) in [7, 11) is 0. The van der Waals surface area contributed by atoms with Crippen LogP contribution in [0.5, 0.6) is 0 Å². The smallest absolute Gasteiger partial charge is 0.296 e. The molecule has 0 saturated heterocycles. The fourth-order valence-electron chi connectivity index (χ4n) is 1.50.